The molecular formula is C27H24N2O4. The molecule has 1 aromatic heterocycles. The Morgan fingerprint density at radius 3 is 2.42 bits per heavy atom. The monoisotopic (exact) mass is 440 g/mol. The molecule has 0 aliphatic carbocycles. The first-order valence-corrected chi connectivity index (χ1v) is 10.9. The molecule has 3 aromatic carbocycles. The molecule has 0 saturated carbocycles. The van der Waals surface area contributed by atoms with Crippen molar-refractivity contribution in [1.82, 2.24) is 0 Å². The van der Waals surface area contributed by atoms with Crippen molar-refractivity contribution >= 4 is 34.2 Å². The molecule has 0 fully saturated rings. The number of amides is 2. The van der Waals surface area contributed by atoms with E-state index in [0.29, 0.717) is 40.1 Å². The van der Waals surface area contributed by atoms with Gasteiger partial charge in [0.05, 0.1) is 5.56 Å². The van der Waals surface area contributed by atoms with Crippen molar-refractivity contribution in [3.63, 3.8) is 0 Å². The van der Waals surface area contributed by atoms with Crippen LogP contribution in [-0.2, 0) is 4.79 Å². The van der Waals surface area contributed by atoms with Crippen molar-refractivity contribution in [3.8, 4) is 11.1 Å². The largest absolute Gasteiger partial charge is 0.422 e. The number of para-hydroxylation sites is 1. The molecule has 0 saturated heterocycles. The number of hydrogen-bond donors (Lipinski definition) is 2. The lowest BCUT2D eigenvalue weighted by molar-refractivity contribution is -0.116. The van der Waals surface area contributed by atoms with Gasteiger partial charge in [0.1, 0.15) is 5.58 Å². The second kappa shape index (κ2) is 9.96. The van der Waals surface area contributed by atoms with E-state index in [-0.39, 0.29) is 11.8 Å². The number of unbranched alkanes of at least 4 members (excludes halogenated alkanes) is 1. The zero-order chi connectivity index (χ0) is 23.2. The fourth-order valence-electron chi connectivity index (χ4n) is 3.53. The molecule has 1 heterocycles. The highest BCUT2D eigenvalue weighted by Gasteiger charge is 2.12. The Morgan fingerprint density at radius 1 is 0.848 bits per heavy atom. The highest BCUT2D eigenvalue weighted by molar-refractivity contribution is 6.05. The van der Waals surface area contributed by atoms with Crippen molar-refractivity contribution in [3.05, 3.63) is 94.8 Å². The Labute approximate surface area is 191 Å². The van der Waals surface area contributed by atoms with Crippen LogP contribution in [0.3, 0.4) is 0 Å². The third-order valence-electron chi connectivity index (χ3n) is 5.24. The van der Waals surface area contributed by atoms with E-state index < -0.39 is 5.63 Å². The summed E-state index contributed by atoms with van der Waals surface area (Å²) >= 11 is 0. The summed E-state index contributed by atoms with van der Waals surface area (Å²) in [5, 5.41) is 6.50. The number of anilines is 2. The van der Waals surface area contributed by atoms with Crippen molar-refractivity contribution in [2.75, 3.05) is 10.6 Å². The van der Waals surface area contributed by atoms with E-state index in [1.807, 2.05) is 25.1 Å². The minimum absolute atomic E-state index is 0.0535. The number of carbonyl (C=O) groups is 2. The lowest BCUT2D eigenvalue weighted by Gasteiger charge is -2.10. The molecule has 6 heteroatoms. The predicted molar refractivity (Wildman–Crippen MR) is 130 cm³/mol. The van der Waals surface area contributed by atoms with Gasteiger partial charge in [-0.25, -0.2) is 4.79 Å². The van der Waals surface area contributed by atoms with Gasteiger partial charge in [0, 0.05) is 28.7 Å². The average Bonchev–Trinajstić information content (AvgIpc) is 2.82. The summed E-state index contributed by atoms with van der Waals surface area (Å²) < 4.78 is 5.42. The molecular weight excluding hydrogens is 416 g/mol. The number of carbonyl (C=O) groups excluding carboxylic acids is 2. The predicted octanol–water partition coefficient (Wildman–Crippen LogP) is 5.84. The lowest BCUT2D eigenvalue weighted by Crippen LogP contribution is -2.14. The van der Waals surface area contributed by atoms with Gasteiger partial charge >= 0.3 is 5.63 Å². The van der Waals surface area contributed by atoms with Gasteiger partial charge < -0.3 is 15.1 Å². The second-order valence-corrected chi connectivity index (χ2v) is 7.75. The summed E-state index contributed by atoms with van der Waals surface area (Å²) in [5.41, 5.74) is 2.62. The van der Waals surface area contributed by atoms with Gasteiger partial charge in [0.15, 0.2) is 0 Å². The van der Waals surface area contributed by atoms with Crippen molar-refractivity contribution in [2.45, 2.75) is 26.2 Å². The smallest absolute Gasteiger partial charge is 0.344 e. The van der Waals surface area contributed by atoms with Crippen LogP contribution < -0.4 is 16.3 Å². The first-order chi connectivity index (χ1) is 16.0. The Morgan fingerprint density at radius 2 is 1.61 bits per heavy atom. The van der Waals surface area contributed by atoms with Crippen molar-refractivity contribution in [2.24, 2.45) is 0 Å². The number of rotatable bonds is 7. The number of hydrogen-bond acceptors (Lipinski definition) is 4. The van der Waals surface area contributed by atoms with Crippen LogP contribution >= 0.6 is 0 Å². The maximum Gasteiger partial charge on any atom is 0.344 e. The third-order valence-corrected chi connectivity index (χ3v) is 5.24. The quantitative estimate of drug-likeness (QED) is 0.353. The Kier molecular flexibility index (Phi) is 6.64. The molecule has 0 aliphatic rings. The molecule has 33 heavy (non-hydrogen) atoms. The van der Waals surface area contributed by atoms with Crippen LogP contribution in [0.15, 0.2) is 88.1 Å². The van der Waals surface area contributed by atoms with E-state index in [1.54, 1.807) is 60.7 Å². The third kappa shape index (κ3) is 5.36. The Balaban J connectivity index is 1.53. The number of benzene rings is 3. The molecule has 2 amide bonds. The first-order valence-electron chi connectivity index (χ1n) is 10.9. The van der Waals surface area contributed by atoms with E-state index in [4.69, 9.17) is 4.42 Å². The van der Waals surface area contributed by atoms with Crippen LogP contribution in [0.1, 0.15) is 36.5 Å². The SMILES string of the molecule is CCCCC(=O)Nc1cccc(NC(=O)c2cccc(-c3cc4ccccc4oc3=O)c2)c1. The molecule has 4 aromatic rings. The second-order valence-electron chi connectivity index (χ2n) is 7.75. The normalized spacial score (nSPS) is 10.7. The van der Waals surface area contributed by atoms with Crippen molar-refractivity contribution < 1.29 is 14.0 Å². The molecule has 2 N–H and O–H groups in total. The van der Waals surface area contributed by atoms with E-state index in [9.17, 15) is 14.4 Å². The first kappa shape index (κ1) is 22.0. The molecule has 0 unspecified atom stereocenters. The standard InChI is InChI=1S/C27H24N2O4/c1-2-3-14-25(30)28-21-11-7-12-22(17-21)29-26(31)20-10-6-9-18(15-20)23-16-19-8-4-5-13-24(19)33-27(23)32/h4-13,15-17H,2-3,14H2,1H3,(H,28,30)(H,29,31). The fraction of sp³-hybridized carbons (Fsp3) is 0.148. The fourth-order valence-corrected chi connectivity index (χ4v) is 3.53. The van der Waals surface area contributed by atoms with Crippen LogP contribution in [0, 0.1) is 0 Å². The van der Waals surface area contributed by atoms with E-state index in [1.165, 1.54) is 0 Å². The molecule has 166 valence electrons. The highest BCUT2D eigenvalue weighted by atomic mass is 16.4. The zero-order valence-electron chi connectivity index (χ0n) is 18.3. The maximum absolute atomic E-state index is 12.9. The number of fused-ring (bicyclic) bond motifs is 1. The van der Waals surface area contributed by atoms with Gasteiger partial charge in [0.2, 0.25) is 5.91 Å². The summed E-state index contributed by atoms with van der Waals surface area (Å²) in [4.78, 5) is 37.3. The molecule has 6 nitrogen and oxygen atoms in total. The summed E-state index contributed by atoms with van der Waals surface area (Å²) in [5.74, 6) is -0.376. The van der Waals surface area contributed by atoms with Crippen LogP contribution in [0.5, 0.6) is 0 Å². The number of nitrogens with one attached hydrogen (secondary N) is 2. The Hall–Kier alpha value is -4.19. The highest BCUT2D eigenvalue weighted by Crippen LogP contribution is 2.23. The molecule has 0 radical (unpaired) electrons. The van der Waals surface area contributed by atoms with Gasteiger partial charge in [-0.2, -0.15) is 0 Å². The molecule has 0 aliphatic heterocycles. The summed E-state index contributed by atoms with van der Waals surface area (Å²) in [6.07, 6.45) is 2.24. The lowest BCUT2D eigenvalue weighted by atomic mass is 10.0. The summed E-state index contributed by atoms with van der Waals surface area (Å²) in [6.45, 7) is 2.03. The zero-order valence-corrected chi connectivity index (χ0v) is 18.3. The summed E-state index contributed by atoms with van der Waals surface area (Å²) in [7, 11) is 0. The van der Waals surface area contributed by atoms with E-state index in [2.05, 4.69) is 10.6 Å². The molecule has 4 rings (SSSR count). The van der Waals surface area contributed by atoms with Crippen LogP contribution in [0.4, 0.5) is 11.4 Å². The van der Waals surface area contributed by atoms with Crippen molar-refractivity contribution in [1.29, 1.82) is 0 Å². The average molecular weight is 440 g/mol. The summed E-state index contributed by atoms with van der Waals surface area (Å²) in [6, 6.07) is 22.9. The van der Waals surface area contributed by atoms with Crippen LogP contribution in [-0.4, -0.2) is 11.8 Å². The van der Waals surface area contributed by atoms with Gasteiger partial charge in [0.25, 0.3) is 5.91 Å². The molecule has 0 spiro atoms. The van der Waals surface area contributed by atoms with Gasteiger partial charge in [-0.1, -0.05) is 49.7 Å². The Bertz CT molecular complexity index is 1370. The van der Waals surface area contributed by atoms with Gasteiger partial charge in [-0.3, -0.25) is 9.59 Å². The molecule has 0 bridgehead atoms. The van der Waals surface area contributed by atoms with Crippen LogP contribution in [0.25, 0.3) is 22.1 Å². The van der Waals surface area contributed by atoms with E-state index >= 15 is 0 Å². The van der Waals surface area contributed by atoms with Crippen LogP contribution in [0.2, 0.25) is 0 Å². The van der Waals surface area contributed by atoms with Gasteiger partial charge in [-0.15, -0.1) is 0 Å². The maximum atomic E-state index is 12.9. The molecule has 0 atom stereocenters. The minimum Gasteiger partial charge on any atom is -0.422 e. The van der Waals surface area contributed by atoms with E-state index in [0.717, 1.165) is 18.2 Å². The topological polar surface area (TPSA) is 88.4 Å². The van der Waals surface area contributed by atoms with Gasteiger partial charge in [-0.05, 0) is 54.4 Å². The minimum atomic E-state index is -0.460.